The first-order chi connectivity index (χ1) is 8.96. The number of nitrogens with zero attached hydrogens (tertiary/aromatic N) is 1. The predicted octanol–water partition coefficient (Wildman–Crippen LogP) is 0.591. The Hall–Kier alpha value is -1.40. The van der Waals surface area contributed by atoms with Crippen molar-refractivity contribution in [2.45, 2.75) is 13.0 Å². The first kappa shape index (κ1) is 14.0. The van der Waals surface area contributed by atoms with E-state index in [1.165, 1.54) is 0 Å². The molecular weight excluding hydrogens is 262 g/mol. The molecule has 0 saturated carbocycles. The molecule has 1 aromatic carbocycles. The van der Waals surface area contributed by atoms with Gasteiger partial charge >= 0.3 is 0 Å². The maximum atomic E-state index is 11.5. The third-order valence-electron chi connectivity index (χ3n) is 3.32. The number of nitrogens with two attached hydrogens (primary N) is 1. The van der Waals surface area contributed by atoms with Gasteiger partial charge < -0.3 is 5.73 Å². The summed E-state index contributed by atoms with van der Waals surface area (Å²) < 4.78 is 23.0. The minimum atomic E-state index is -2.85. The highest BCUT2D eigenvalue weighted by Crippen LogP contribution is 2.11. The van der Waals surface area contributed by atoms with Gasteiger partial charge in [-0.1, -0.05) is 24.3 Å². The van der Waals surface area contributed by atoms with Gasteiger partial charge in [-0.2, -0.15) is 0 Å². The molecule has 1 heterocycles. The molecule has 0 radical (unpaired) electrons. The van der Waals surface area contributed by atoms with Crippen molar-refractivity contribution in [1.82, 2.24) is 4.90 Å². The molecule has 5 nitrogen and oxygen atoms in total. The van der Waals surface area contributed by atoms with Crippen molar-refractivity contribution in [2.75, 3.05) is 24.6 Å². The summed E-state index contributed by atoms with van der Waals surface area (Å²) in [5.41, 5.74) is 7.23. The molecule has 0 bridgehead atoms. The van der Waals surface area contributed by atoms with Crippen LogP contribution in [0.2, 0.25) is 0 Å². The van der Waals surface area contributed by atoms with E-state index >= 15 is 0 Å². The third-order valence-corrected chi connectivity index (χ3v) is 5.03. The molecule has 1 saturated heterocycles. The molecule has 0 aliphatic carbocycles. The molecule has 2 rings (SSSR count). The summed E-state index contributed by atoms with van der Waals surface area (Å²) in [5, 5.41) is 7.33. The Morgan fingerprint density at radius 3 is 2.53 bits per heavy atom. The fraction of sp³-hybridized carbons (Fsp3) is 0.462. The van der Waals surface area contributed by atoms with E-state index in [2.05, 4.69) is 4.90 Å². The molecule has 19 heavy (non-hydrogen) atoms. The van der Waals surface area contributed by atoms with Gasteiger partial charge in [0.1, 0.15) is 5.84 Å². The Kier molecular flexibility index (Phi) is 4.21. The van der Waals surface area contributed by atoms with Crippen LogP contribution in [0.5, 0.6) is 0 Å². The molecule has 1 aromatic rings. The van der Waals surface area contributed by atoms with E-state index in [9.17, 15) is 8.42 Å². The van der Waals surface area contributed by atoms with Crippen molar-refractivity contribution in [1.29, 1.82) is 5.41 Å². The first-order valence-electron chi connectivity index (χ1n) is 6.32. The van der Waals surface area contributed by atoms with Crippen molar-refractivity contribution < 1.29 is 8.42 Å². The van der Waals surface area contributed by atoms with Crippen LogP contribution in [0.1, 0.15) is 17.5 Å². The van der Waals surface area contributed by atoms with Crippen LogP contribution in [-0.2, 0) is 16.4 Å². The van der Waals surface area contributed by atoms with Crippen LogP contribution in [0.4, 0.5) is 0 Å². The van der Waals surface area contributed by atoms with Crippen LogP contribution in [0, 0.1) is 5.41 Å². The third kappa shape index (κ3) is 4.04. The molecule has 0 atom stereocenters. The first-order valence-corrected chi connectivity index (χ1v) is 8.14. The average molecular weight is 281 g/mol. The Morgan fingerprint density at radius 1 is 1.21 bits per heavy atom. The number of hydrogen-bond donors (Lipinski definition) is 2. The van der Waals surface area contributed by atoms with Crippen LogP contribution < -0.4 is 5.73 Å². The largest absolute Gasteiger partial charge is 0.384 e. The number of amidine groups is 1. The van der Waals surface area contributed by atoms with E-state index in [0.717, 1.165) is 18.7 Å². The molecule has 0 amide bonds. The lowest BCUT2D eigenvalue weighted by molar-refractivity contribution is 0.287. The van der Waals surface area contributed by atoms with Gasteiger partial charge in [0.2, 0.25) is 0 Å². The highest BCUT2D eigenvalue weighted by molar-refractivity contribution is 7.91. The van der Waals surface area contributed by atoms with E-state index in [-0.39, 0.29) is 11.6 Å². The summed E-state index contributed by atoms with van der Waals surface area (Å²) in [7, 11) is -2.85. The average Bonchev–Trinajstić information content (AvgIpc) is 2.52. The Balaban J connectivity index is 1.99. The Morgan fingerprint density at radius 2 is 1.89 bits per heavy atom. The molecule has 3 N–H and O–H groups in total. The summed E-state index contributed by atoms with van der Waals surface area (Å²) in [5.74, 6) is 0.609. The van der Waals surface area contributed by atoms with Crippen LogP contribution in [-0.4, -0.2) is 43.7 Å². The molecule has 6 heteroatoms. The van der Waals surface area contributed by atoms with Crippen molar-refractivity contribution in [2.24, 2.45) is 5.73 Å². The van der Waals surface area contributed by atoms with Crippen molar-refractivity contribution in [3.05, 3.63) is 35.4 Å². The lowest BCUT2D eigenvalue weighted by atomic mass is 10.1. The number of benzene rings is 1. The minimum absolute atomic E-state index is 0.0624. The van der Waals surface area contributed by atoms with Gasteiger partial charge in [-0.05, 0) is 18.5 Å². The van der Waals surface area contributed by atoms with Crippen molar-refractivity contribution in [3.8, 4) is 0 Å². The normalized spacial score (nSPS) is 19.8. The molecular formula is C13H19N3O2S. The number of hydrogen-bond acceptors (Lipinski definition) is 4. The molecule has 104 valence electrons. The Labute approximate surface area is 113 Å². The zero-order chi connectivity index (χ0) is 13.9. The number of sulfone groups is 1. The van der Waals surface area contributed by atoms with Gasteiger partial charge in [-0.15, -0.1) is 0 Å². The molecule has 1 aliphatic rings. The molecule has 0 unspecified atom stereocenters. The fourth-order valence-corrected chi connectivity index (χ4v) is 3.51. The van der Waals surface area contributed by atoms with Gasteiger partial charge in [0.05, 0.1) is 11.5 Å². The zero-order valence-corrected chi connectivity index (χ0v) is 11.6. The van der Waals surface area contributed by atoms with E-state index in [1.807, 2.05) is 24.3 Å². The second-order valence-electron chi connectivity index (χ2n) is 4.89. The van der Waals surface area contributed by atoms with Crippen LogP contribution >= 0.6 is 0 Å². The number of nitrogens with one attached hydrogen (secondary N) is 1. The topological polar surface area (TPSA) is 87.2 Å². The highest BCUT2D eigenvalue weighted by atomic mass is 32.2. The maximum Gasteiger partial charge on any atom is 0.151 e. The van der Waals surface area contributed by atoms with Gasteiger partial charge in [0.15, 0.2) is 9.84 Å². The maximum absolute atomic E-state index is 11.5. The Bertz CT molecular complexity index is 552. The second kappa shape index (κ2) is 5.71. The SMILES string of the molecule is N=C(N)c1ccc(CN2CCCS(=O)(=O)CC2)cc1. The molecule has 1 fully saturated rings. The van der Waals surface area contributed by atoms with Gasteiger partial charge in [-0.3, -0.25) is 10.3 Å². The van der Waals surface area contributed by atoms with E-state index in [4.69, 9.17) is 11.1 Å². The fourth-order valence-electron chi connectivity index (χ4n) is 2.20. The van der Waals surface area contributed by atoms with Gasteiger partial charge in [-0.25, -0.2) is 8.42 Å². The van der Waals surface area contributed by atoms with Gasteiger partial charge in [0, 0.05) is 18.7 Å². The van der Waals surface area contributed by atoms with E-state index in [1.54, 1.807) is 0 Å². The lowest BCUT2D eigenvalue weighted by Gasteiger charge is -2.19. The van der Waals surface area contributed by atoms with Crippen molar-refractivity contribution >= 4 is 15.7 Å². The predicted molar refractivity (Wildman–Crippen MR) is 76.0 cm³/mol. The summed E-state index contributed by atoms with van der Waals surface area (Å²) in [6, 6.07) is 7.53. The van der Waals surface area contributed by atoms with Crippen LogP contribution in [0.15, 0.2) is 24.3 Å². The lowest BCUT2D eigenvalue weighted by Crippen LogP contribution is -2.26. The monoisotopic (exact) mass is 281 g/mol. The second-order valence-corrected chi connectivity index (χ2v) is 7.20. The van der Waals surface area contributed by atoms with E-state index < -0.39 is 9.84 Å². The standard InChI is InChI=1S/C13H19N3O2S/c14-13(15)12-4-2-11(3-5-12)10-16-6-1-8-19(17,18)9-7-16/h2-5H,1,6-10H2,(H3,14,15). The summed E-state index contributed by atoms with van der Waals surface area (Å²) in [6.07, 6.45) is 0.702. The highest BCUT2D eigenvalue weighted by Gasteiger charge is 2.18. The van der Waals surface area contributed by atoms with Crippen LogP contribution in [0.3, 0.4) is 0 Å². The molecule has 0 aromatic heterocycles. The summed E-state index contributed by atoms with van der Waals surface area (Å²) in [4.78, 5) is 2.16. The quantitative estimate of drug-likeness (QED) is 0.627. The van der Waals surface area contributed by atoms with Crippen molar-refractivity contribution in [3.63, 3.8) is 0 Å². The number of rotatable bonds is 3. The summed E-state index contributed by atoms with van der Waals surface area (Å²) >= 11 is 0. The zero-order valence-electron chi connectivity index (χ0n) is 10.8. The summed E-state index contributed by atoms with van der Waals surface area (Å²) in [6.45, 7) is 2.15. The number of nitrogen functional groups attached to an aromatic ring is 1. The minimum Gasteiger partial charge on any atom is -0.384 e. The van der Waals surface area contributed by atoms with E-state index in [0.29, 0.717) is 24.3 Å². The van der Waals surface area contributed by atoms with Crippen LogP contribution in [0.25, 0.3) is 0 Å². The van der Waals surface area contributed by atoms with Gasteiger partial charge in [0.25, 0.3) is 0 Å². The molecule has 1 aliphatic heterocycles. The molecule has 0 spiro atoms. The smallest absolute Gasteiger partial charge is 0.151 e.